The van der Waals surface area contributed by atoms with Gasteiger partial charge in [-0.3, -0.25) is 0 Å². The van der Waals surface area contributed by atoms with Crippen LogP contribution in [-0.4, -0.2) is 0 Å². The Labute approximate surface area is 233 Å². The molecular weight excluding hydrogens is 507 g/mol. The van der Waals surface area contributed by atoms with E-state index in [9.17, 15) is 0 Å². The molecule has 0 radical (unpaired) electrons. The average molecular weight is 533 g/mol. The van der Waals surface area contributed by atoms with Crippen molar-refractivity contribution in [1.29, 1.82) is 0 Å². The molecule has 0 atom stereocenters. The molecule has 0 fully saturated rings. The van der Waals surface area contributed by atoms with Gasteiger partial charge in [0, 0.05) is 27.0 Å². The van der Waals surface area contributed by atoms with E-state index in [4.69, 9.17) is 4.74 Å². The van der Waals surface area contributed by atoms with Crippen molar-refractivity contribution < 1.29 is 9.30 Å². The molecule has 1 aliphatic carbocycles. The number of benzene rings is 6. The first-order valence-electron chi connectivity index (χ1n) is 13.6. The molecule has 0 saturated heterocycles. The highest BCUT2D eigenvalue weighted by Crippen LogP contribution is 2.62. The van der Waals surface area contributed by atoms with E-state index in [0.29, 0.717) is 0 Å². The lowest BCUT2D eigenvalue weighted by Crippen LogP contribution is -2.33. The van der Waals surface area contributed by atoms with Crippen LogP contribution in [-0.2, 0) is 9.98 Å². The van der Waals surface area contributed by atoms with Crippen molar-refractivity contribution in [1.82, 2.24) is 0 Å². The Hall–Kier alpha value is -4.65. The first-order valence-corrected chi connectivity index (χ1v) is 15.3. The van der Waals surface area contributed by atoms with Gasteiger partial charge in [0.15, 0.2) is 7.14 Å². The van der Waals surface area contributed by atoms with Gasteiger partial charge in [0.25, 0.3) is 0 Å². The fourth-order valence-electron chi connectivity index (χ4n) is 6.77. The maximum atomic E-state index is 15.2. The normalized spacial score (nSPS) is 14.0. The molecule has 6 aromatic rings. The molecule has 0 unspecified atom stereocenters. The molecule has 0 bridgehead atoms. The number of hydrogen-bond acceptors (Lipinski definition) is 2. The lowest BCUT2D eigenvalue weighted by molar-refractivity contribution is 0.437. The maximum absolute atomic E-state index is 15.2. The Morgan fingerprint density at radius 2 is 0.900 bits per heavy atom. The van der Waals surface area contributed by atoms with Crippen LogP contribution in [0, 0.1) is 0 Å². The van der Waals surface area contributed by atoms with Crippen molar-refractivity contribution >= 4 is 23.1 Å². The Kier molecular flexibility index (Phi) is 5.05. The quantitative estimate of drug-likeness (QED) is 0.217. The highest BCUT2D eigenvalue weighted by molar-refractivity contribution is 7.85. The van der Waals surface area contributed by atoms with Crippen molar-refractivity contribution in [3.8, 4) is 22.6 Å². The summed E-state index contributed by atoms with van der Waals surface area (Å²) in [5.74, 6) is 1.57. The van der Waals surface area contributed by atoms with Crippen molar-refractivity contribution in [2.75, 3.05) is 0 Å². The molecule has 1 spiro atoms. The molecule has 2 nitrogen and oxygen atoms in total. The van der Waals surface area contributed by atoms with Crippen molar-refractivity contribution in [3.63, 3.8) is 0 Å². The van der Waals surface area contributed by atoms with Crippen molar-refractivity contribution in [2.45, 2.75) is 5.41 Å². The fourth-order valence-corrected chi connectivity index (χ4v) is 9.43. The summed E-state index contributed by atoms with van der Waals surface area (Å²) in [6.07, 6.45) is 0. The largest absolute Gasteiger partial charge is 0.457 e. The van der Waals surface area contributed by atoms with E-state index in [2.05, 4.69) is 72.8 Å². The van der Waals surface area contributed by atoms with Gasteiger partial charge in [0.1, 0.15) is 11.5 Å². The third-order valence-electron chi connectivity index (χ3n) is 8.44. The van der Waals surface area contributed by atoms with Crippen LogP contribution in [0.25, 0.3) is 11.1 Å². The van der Waals surface area contributed by atoms with Gasteiger partial charge in [0.2, 0.25) is 0 Å². The van der Waals surface area contributed by atoms with E-state index in [1.54, 1.807) is 0 Å². The van der Waals surface area contributed by atoms with Crippen LogP contribution in [0.1, 0.15) is 22.3 Å². The second kappa shape index (κ2) is 8.68. The summed E-state index contributed by atoms with van der Waals surface area (Å²) in [5.41, 5.74) is 6.64. The Bertz CT molecular complexity index is 1870. The minimum Gasteiger partial charge on any atom is -0.457 e. The number of fused-ring (bicyclic) bond motifs is 9. The molecule has 8 rings (SSSR count). The third kappa shape index (κ3) is 3.03. The second-order valence-electron chi connectivity index (χ2n) is 10.4. The summed E-state index contributed by atoms with van der Waals surface area (Å²) < 4.78 is 21.9. The van der Waals surface area contributed by atoms with Gasteiger partial charge in [-0.1, -0.05) is 140 Å². The Morgan fingerprint density at radius 3 is 1.50 bits per heavy atom. The smallest absolute Gasteiger partial charge is 0.171 e. The minimum absolute atomic E-state index is 0.528. The summed E-state index contributed by atoms with van der Waals surface area (Å²) in [6, 6.07) is 51.6. The summed E-state index contributed by atoms with van der Waals surface area (Å²) in [7, 11) is -3.16. The van der Waals surface area contributed by atoms with Gasteiger partial charge in [-0.25, -0.2) is 0 Å². The molecule has 3 heteroatoms. The number of rotatable bonds is 3. The molecule has 0 N–H and O–H groups in total. The fraction of sp³-hybridized carbons (Fsp3) is 0.0270. The van der Waals surface area contributed by atoms with Gasteiger partial charge < -0.3 is 9.30 Å². The molecule has 1 aliphatic heterocycles. The summed E-state index contributed by atoms with van der Waals surface area (Å²) in [4.78, 5) is 0. The van der Waals surface area contributed by atoms with E-state index in [1.807, 2.05) is 78.9 Å². The van der Waals surface area contributed by atoms with Crippen LogP contribution in [0.5, 0.6) is 11.5 Å². The predicted molar refractivity (Wildman–Crippen MR) is 163 cm³/mol. The zero-order valence-corrected chi connectivity index (χ0v) is 22.6. The van der Waals surface area contributed by atoms with Crippen LogP contribution >= 0.6 is 7.14 Å². The van der Waals surface area contributed by atoms with Crippen LogP contribution in [0.15, 0.2) is 152 Å². The Morgan fingerprint density at radius 1 is 0.425 bits per heavy atom. The zero-order chi connectivity index (χ0) is 26.7. The molecule has 1 heterocycles. The summed E-state index contributed by atoms with van der Waals surface area (Å²) in [5, 5.41) is 2.38. The van der Waals surface area contributed by atoms with Crippen molar-refractivity contribution in [3.05, 3.63) is 174 Å². The number of ether oxygens (including phenoxy) is 1. The second-order valence-corrected chi connectivity index (χ2v) is 13.2. The molecular formula is C37H25O2P. The van der Waals surface area contributed by atoms with Gasteiger partial charge in [-0.15, -0.1) is 0 Å². The average Bonchev–Trinajstić information content (AvgIpc) is 3.32. The zero-order valence-electron chi connectivity index (χ0n) is 21.7. The molecule has 0 aromatic heterocycles. The third-order valence-corrected chi connectivity index (χ3v) is 11.5. The van der Waals surface area contributed by atoms with Gasteiger partial charge in [-0.05, 0) is 34.4 Å². The van der Waals surface area contributed by atoms with E-state index in [-0.39, 0.29) is 0 Å². The molecule has 6 aromatic carbocycles. The first-order chi connectivity index (χ1) is 19.7. The van der Waals surface area contributed by atoms with E-state index in [0.717, 1.165) is 38.5 Å². The van der Waals surface area contributed by atoms with E-state index in [1.165, 1.54) is 22.3 Å². The summed E-state index contributed by atoms with van der Waals surface area (Å²) in [6.45, 7) is 0. The van der Waals surface area contributed by atoms with Crippen LogP contribution in [0.2, 0.25) is 0 Å². The van der Waals surface area contributed by atoms with Gasteiger partial charge in [0.05, 0.1) is 5.41 Å². The monoisotopic (exact) mass is 532 g/mol. The highest BCUT2D eigenvalue weighted by atomic mass is 31.2. The van der Waals surface area contributed by atoms with Gasteiger partial charge >= 0.3 is 0 Å². The van der Waals surface area contributed by atoms with E-state index >= 15 is 4.57 Å². The van der Waals surface area contributed by atoms with Crippen LogP contribution < -0.4 is 20.7 Å². The van der Waals surface area contributed by atoms with Crippen molar-refractivity contribution in [2.24, 2.45) is 0 Å². The first kappa shape index (κ1) is 23.3. The molecule has 190 valence electrons. The Balaban J connectivity index is 1.44. The van der Waals surface area contributed by atoms with Gasteiger partial charge in [-0.2, -0.15) is 0 Å². The SMILES string of the molecule is O=P(c1ccccc1)(c1ccccc1)c1ccc2c(c1)Oc1ccccc1C21c2ccccc2-c2ccccc21. The van der Waals surface area contributed by atoms with Crippen LogP contribution in [0.4, 0.5) is 0 Å². The number of hydrogen-bond donors (Lipinski definition) is 0. The summed E-state index contributed by atoms with van der Waals surface area (Å²) >= 11 is 0. The predicted octanol–water partition coefficient (Wildman–Crippen LogP) is 7.79. The lowest BCUT2D eigenvalue weighted by Gasteiger charge is -2.39. The lowest BCUT2D eigenvalue weighted by atomic mass is 9.66. The molecule has 0 saturated carbocycles. The topological polar surface area (TPSA) is 26.3 Å². The van der Waals surface area contributed by atoms with E-state index < -0.39 is 12.6 Å². The van der Waals surface area contributed by atoms with Crippen LogP contribution in [0.3, 0.4) is 0 Å². The minimum atomic E-state index is -3.16. The number of para-hydroxylation sites is 1. The highest BCUT2D eigenvalue weighted by Gasteiger charge is 2.51. The standard InChI is InChI=1S/C37H25O2P/c38-40(26-13-3-1-4-14-26,27-15-5-2-6-16-27)28-23-24-34-36(25-28)39-35-22-12-11-21-33(35)37(34)31-19-9-7-17-29(31)30-18-8-10-20-32(30)37/h1-25H. The molecule has 2 aliphatic rings. The maximum Gasteiger partial charge on any atom is 0.171 e. The molecule has 40 heavy (non-hydrogen) atoms. The molecule has 0 amide bonds.